The molecule has 2 aliphatic heterocycles. The van der Waals surface area contributed by atoms with Crippen molar-refractivity contribution in [2.45, 2.75) is 63.3 Å². The summed E-state index contributed by atoms with van der Waals surface area (Å²) in [6.45, 7) is 9.25. The van der Waals surface area contributed by atoms with Crippen LogP contribution in [0.25, 0.3) is 0 Å². The molecule has 0 unspecified atom stereocenters. The molecular weight excluding hydrogens is 453 g/mol. The average molecular weight is 493 g/mol. The number of hydrogen-bond donors (Lipinski definition) is 2. The Morgan fingerprint density at radius 1 is 0.963 bits per heavy atom. The first-order valence-corrected chi connectivity index (χ1v) is 10.9. The van der Waals surface area contributed by atoms with Crippen LogP contribution in [0.15, 0.2) is 4.99 Å². The molecule has 0 radical (unpaired) electrons. The van der Waals surface area contributed by atoms with Gasteiger partial charge in [-0.2, -0.15) is 0 Å². The number of nitrogens with two attached hydrogens (primary N) is 1. The van der Waals surface area contributed by atoms with Gasteiger partial charge in [0.1, 0.15) is 0 Å². The van der Waals surface area contributed by atoms with Crippen LogP contribution in [0, 0.1) is 0 Å². The van der Waals surface area contributed by atoms with Crippen molar-refractivity contribution in [1.82, 2.24) is 15.1 Å². The zero-order chi connectivity index (χ0) is 18.1. The lowest BCUT2D eigenvalue weighted by Crippen LogP contribution is -2.54. The van der Waals surface area contributed by atoms with Crippen molar-refractivity contribution in [3.63, 3.8) is 0 Å². The van der Waals surface area contributed by atoms with Crippen LogP contribution in [0.4, 0.5) is 0 Å². The van der Waals surface area contributed by atoms with E-state index in [0.717, 1.165) is 52.4 Å². The normalized spacial score (nSPS) is 25.0. The number of morpholine rings is 1. The van der Waals surface area contributed by atoms with Gasteiger partial charge in [-0.1, -0.05) is 25.7 Å². The second-order valence-electron chi connectivity index (χ2n) is 8.27. The largest absolute Gasteiger partial charge is 0.379 e. The maximum Gasteiger partial charge on any atom is 0.188 e. The minimum absolute atomic E-state index is 0. The highest BCUT2D eigenvalue weighted by molar-refractivity contribution is 14.0. The van der Waals surface area contributed by atoms with Crippen molar-refractivity contribution in [3.8, 4) is 0 Å². The van der Waals surface area contributed by atoms with Crippen molar-refractivity contribution >= 4 is 29.9 Å². The van der Waals surface area contributed by atoms with E-state index in [9.17, 15) is 0 Å². The van der Waals surface area contributed by atoms with Gasteiger partial charge < -0.3 is 15.8 Å². The summed E-state index contributed by atoms with van der Waals surface area (Å²) in [5.41, 5.74) is 6.46. The average Bonchev–Trinajstić information content (AvgIpc) is 2.72. The Hall–Kier alpha value is -0.120. The summed E-state index contributed by atoms with van der Waals surface area (Å²) in [6, 6.07) is 0. The van der Waals surface area contributed by atoms with E-state index in [1.54, 1.807) is 0 Å². The molecule has 1 saturated carbocycles. The van der Waals surface area contributed by atoms with Crippen molar-refractivity contribution in [1.29, 1.82) is 0 Å². The Bertz CT molecular complexity index is 430. The van der Waals surface area contributed by atoms with Crippen LogP contribution < -0.4 is 11.1 Å². The van der Waals surface area contributed by atoms with Gasteiger partial charge in [-0.05, 0) is 51.7 Å². The first-order valence-electron chi connectivity index (χ1n) is 10.9. The molecule has 1 aliphatic carbocycles. The van der Waals surface area contributed by atoms with Crippen LogP contribution in [-0.4, -0.2) is 80.3 Å². The fourth-order valence-electron chi connectivity index (χ4n) is 4.78. The molecule has 2 saturated heterocycles. The molecule has 0 aromatic carbocycles. The van der Waals surface area contributed by atoms with Crippen LogP contribution in [0.5, 0.6) is 0 Å². The van der Waals surface area contributed by atoms with Gasteiger partial charge in [0.2, 0.25) is 0 Å². The lowest BCUT2D eigenvalue weighted by atomic mass is 9.79. The number of halogens is 1. The Balaban J connectivity index is 0.00000261. The molecular formula is C20H40IN5O. The van der Waals surface area contributed by atoms with Gasteiger partial charge in [0.05, 0.1) is 19.8 Å². The molecule has 0 atom stereocenters. The minimum Gasteiger partial charge on any atom is -0.379 e. The van der Waals surface area contributed by atoms with E-state index in [-0.39, 0.29) is 29.5 Å². The Morgan fingerprint density at radius 3 is 2.33 bits per heavy atom. The fourth-order valence-corrected chi connectivity index (χ4v) is 4.78. The van der Waals surface area contributed by atoms with Gasteiger partial charge in [-0.25, -0.2) is 0 Å². The lowest BCUT2D eigenvalue weighted by molar-refractivity contribution is 0.0375. The van der Waals surface area contributed by atoms with Gasteiger partial charge >= 0.3 is 0 Å². The van der Waals surface area contributed by atoms with Gasteiger partial charge in [0.25, 0.3) is 0 Å². The number of piperidine rings is 1. The van der Waals surface area contributed by atoms with Crippen LogP contribution >= 0.6 is 24.0 Å². The van der Waals surface area contributed by atoms with E-state index in [2.05, 4.69) is 15.1 Å². The zero-order valence-electron chi connectivity index (χ0n) is 17.0. The molecule has 3 aliphatic rings. The molecule has 6 nitrogen and oxygen atoms in total. The summed E-state index contributed by atoms with van der Waals surface area (Å²) in [6.07, 6.45) is 11.9. The van der Waals surface area contributed by atoms with E-state index < -0.39 is 0 Å². The SMILES string of the molecule is I.NC(=NCC1(N2CCCCC2)CCCCC1)NCCCN1CCOCC1. The van der Waals surface area contributed by atoms with E-state index in [1.165, 1.54) is 64.5 Å². The molecule has 0 aromatic rings. The molecule has 3 N–H and O–H groups in total. The second kappa shape index (κ2) is 12.4. The van der Waals surface area contributed by atoms with Crippen LogP contribution in [0.3, 0.4) is 0 Å². The molecule has 0 amide bonds. The van der Waals surface area contributed by atoms with Gasteiger partial charge in [-0.15, -0.1) is 24.0 Å². The highest BCUT2D eigenvalue weighted by Crippen LogP contribution is 2.35. The summed E-state index contributed by atoms with van der Waals surface area (Å²) in [4.78, 5) is 9.99. The minimum atomic E-state index is 0. The molecule has 27 heavy (non-hydrogen) atoms. The highest BCUT2D eigenvalue weighted by atomic mass is 127. The number of rotatable bonds is 7. The smallest absolute Gasteiger partial charge is 0.188 e. The van der Waals surface area contributed by atoms with Crippen molar-refractivity contribution in [2.75, 3.05) is 59.0 Å². The first-order chi connectivity index (χ1) is 12.8. The van der Waals surface area contributed by atoms with Crippen molar-refractivity contribution in [3.05, 3.63) is 0 Å². The highest BCUT2D eigenvalue weighted by Gasteiger charge is 2.38. The number of guanidine groups is 1. The van der Waals surface area contributed by atoms with Gasteiger partial charge in [0.15, 0.2) is 5.96 Å². The summed E-state index contributed by atoms with van der Waals surface area (Å²) in [5, 5.41) is 3.33. The molecule has 7 heteroatoms. The Labute approximate surface area is 182 Å². The summed E-state index contributed by atoms with van der Waals surface area (Å²) in [5.74, 6) is 0.633. The topological polar surface area (TPSA) is 66.1 Å². The van der Waals surface area contributed by atoms with Crippen LogP contribution in [-0.2, 0) is 4.74 Å². The Morgan fingerprint density at radius 2 is 1.63 bits per heavy atom. The van der Waals surface area contributed by atoms with E-state index >= 15 is 0 Å². The quantitative estimate of drug-likeness (QED) is 0.247. The van der Waals surface area contributed by atoms with Crippen molar-refractivity contribution < 1.29 is 4.74 Å². The number of hydrogen-bond acceptors (Lipinski definition) is 4. The van der Waals surface area contributed by atoms with Crippen molar-refractivity contribution in [2.24, 2.45) is 10.7 Å². The molecule has 0 bridgehead atoms. The maximum atomic E-state index is 6.19. The third-order valence-corrected chi connectivity index (χ3v) is 6.42. The Kier molecular flexibility index (Phi) is 10.7. The van der Waals surface area contributed by atoms with E-state index in [0.29, 0.717) is 5.96 Å². The summed E-state index contributed by atoms with van der Waals surface area (Å²) >= 11 is 0. The predicted octanol–water partition coefficient (Wildman–Crippen LogP) is 2.42. The molecule has 2 heterocycles. The second-order valence-corrected chi connectivity index (χ2v) is 8.27. The number of ether oxygens (including phenoxy) is 1. The number of nitrogens with one attached hydrogen (secondary N) is 1. The first kappa shape index (κ1) is 23.2. The zero-order valence-corrected chi connectivity index (χ0v) is 19.3. The van der Waals surface area contributed by atoms with Crippen LogP contribution in [0.1, 0.15) is 57.8 Å². The van der Waals surface area contributed by atoms with E-state index in [4.69, 9.17) is 15.5 Å². The van der Waals surface area contributed by atoms with Gasteiger partial charge in [-0.3, -0.25) is 14.8 Å². The predicted molar refractivity (Wildman–Crippen MR) is 123 cm³/mol. The number of aliphatic imine (C=N–C) groups is 1. The third-order valence-electron chi connectivity index (χ3n) is 6.42. The molecule has 3 fully saturated rings. The number of nitrogens with zero attached hydrogens (tertiary/aromatic N) is 3. The standard InChI is InChI=1S/C20H39N5O.HI/c21-19(22-10-7-11-24-14-16-26-17-15-24)23-18-20(8-3-1-4-9-20)25-12-5-2-6-13-25;/h1-18H2,(H3,21,22,23);1H. The molecule has 3 rings (SSSR count). The van der Waals surface area contributed by atoms with Crippen LogP contribution in [0.2, 0.25) is 0 Å². The molecule has 0 spiro atoms. The number of likely N-dealkylation sites (tertiary alicyclic amines) is 1. The maximum absolute atomic E-state index is 6.19. The van der Waals surface area contributed by atoms with E-state index in [1.807, 2.05) is 0 Å². The van der Waals surface area contributed by atoms with Gasteiger partial charge in [0, 0.05) is 25.2 Å². The fraction of sp³-hybridized carbons (Fsp3) is 0.950. The lowest BCUT2D eigenvalue weighted by Gasteiger charge is -2.47. The molecule has 0 aromatic heterocycles. The summed E-state index contributed by atoms with van der Waals surface area (Å²) < 4.78 is 5.39. The molecule has 158 valence electrons. The third kappa shape index (κ3) is 7.33. The monoisotopic (exact) mass is 493 g/mol. The summed E-state index contributed by atoms with van der Waals surface area (Å²) in [7, 11) is 0.